The number of hydrogen-bond acceptors (Lipinski definition) is 9. The van der Waals surface area contributed by atoms with Crippen LogP contribution in [0.2, 0.25) is 0 Å². The second-order valence-electron chi connectivity index (χ2n) is 10.2. The minimum absolute atomic E-state index is 0.160. The lowest BCUT2D eigenvalue weighted by Gasteiger charge is -2.41. The van der Waals surface area contributed by atoms with Crippen molar-refractivity contribution in [3.05, 3.63) is 76.6 Å². The van der Waals surface area contributed by atoms with Gasteiger partial charge in [-0.15, -0.1) is 15.9 Å². The quantitative estimate of drug-likeness (QED) is 0.285. The van der Waals surface area contributed by atoms with Gasteiger partial charge in [-0.05, 0) is 67.6 Å². The molecule has 0 amide bonds. The third-order valence-electron chi connectivity index (χ3n) is 7.44. The third-order valence-corrected chi connectivity index (χ3v) is 9.37. The van der Waals surface area contributed by atoms with Crippen LogP contribution < -0.4 is 4.74 Å². The summed E-state index contributed by atoms with van der Waals surface area (Å²) in [6, 6.07) is 11.7. The maximum Gasteiger partial charge on any atom is 0.306 e. The maximum atomic E-state index is 12.8. The number of aromatic nitrogens is 4. The Morgan fingerprint density at radius 3 is 2.80 bits per heavy atom. The van der Waals surface area contributed by atoms with E-state index in [9.17, 15) is 13.9 Å². The number of rotatable bonds is 7. The van der Waals surface area contributed by atoms with Crippen molar-refractivity contribution in [2.75, 3.05) is 13.2 Å². The van der Waals surface area contributed by atoms with E-state index in [1.165, 1.54) is 12.4 Å². The Bertz CT molecular complexity index is 1560. The SMILES string of the molecule is CCOC(=O)CC(c1ccc(C)c(CN2C[C@@H](C)Oc3cnccc3S2(O)O)c1)c1ccc2c(nnn2C)c1C. The van der Waals surface area contributed by atoms with Crippen molar-refractivity contribution in [3.63, 3.8) is 0 Å². The van der Waals surface area contributed by atoms with Crippen molar-refractivity contribution in [2.24, 2.45) is 7.05 Å². The molecule has 0 saturated heterocycles. The molecule has 3 heterocycles. The molecule has 11 heteroatoms. The van der Waals surface area contributed by atoms with Crippen LogP contribution in [0.5, 0.6) is 5.75 Å². The maximum absolute atomic E-state index is 12.8. The van der Waals surface area contributed by atoms with Crippen LogP contribution in [0.15, 0.2) is 53.7 Å². The highest BCUT2D eigenvalue weighted by atomic mass is 32.3. The molecule has 2 N–H and O–H groups in total. The lowest BCUT2D eigenvalue weighted by Crippen LogP contribution is -2.33. The first kappa shape index (κ1) is 28.0. The van der Waals surface area contributed by atoms with E-state index in [4.69, 9.17) is 9.47 Å². The lowest BCUT2D eigenvalue weighted by atomic mass is 9.84. The zero-order valence-corrected chi connectivity index (χ0v) is 24.2. The number of hydrogen-bond donors (Lipinski definition) is 2. The number of aryl methyl sites for hydroxylation is 3. The van der Waals surface area contributed by atoms with E-state index in [1.807, 2.05) is 52.1 Å². The molecule has 2 aromatic heterocycles. The summed E-state index contributed by atoms with van der Waals surface area (Å²) >= 11 is 0. The van der Waals surface area contributed by atoms with Crippen LogP contribution in [0.25, 0.3) is 11.0 Å². The fourth-order valence-corrected chi connectivity index (χ4v) is 6.94. The van der Waals surface area contributed by atoms with E-state index in [0.29, 0.717) is 23.8 Å². The first-order valence-corrected chi connectivity index (χ1v) is 14.8. The molecule has 5 rings (SSSR count). The number of pyridine rings is 1. The normalized spacial score (nSPS) is 18.4. The Hall–Kier alpha value is -3.51. The highest BCUT2D eigenvalue weighted by molar-refractivity contribution is 8.22. The topological polar surface area (TPSA) is 123 Å². The number of esters is 1. The number of carbonyl (C=O) groups is 1. The standard InChI is InChI=1S/C29H35N5O5S/c1-6-38-28(35)14-24(23-9-10-25-29(20(23)4)31-32-33(25)5)21-8-7-18(2)22(13-21)17-34-16-19(3)39-26-15-30-12-11-27(26)40(34,36)37/h7-13,15,19,24,36-37H,6,14,16-17H2,1-5H3/t19-,24?/m1/s1. The smallest absolute Gasteiger partial charge is 0.306 e. The first-order valence-electron chi connectivity index (χ1n) is 13.3. The molecule has 1 unspecified atom stereocenters. The Balaban J connectivity index is 1.55. The molecule has 212 valence electrons. The average Bonchev–Trinajstić information content (AvgIpc) is 3.26. The summed E-state index contributed by atoms with van der Waals surface area (Å²) < 4.78 is 37.5. The molecule has 2 aromatic carbocycles. The number of nitrogens with zero attached hydrogens (tertiary/aromatic N) is 5. The van der Waals surface area contributed by atoms with Crippen molar-refractivity contribution >= 4 is 27.8 Å². The molecule has 0 fully saturated rings. The van der Waals surface area contributed by atoms with Gasteiger partial charge in [0.25, 0.3) is 0 Å². The van der Waals surface area contributed by atoms with Gasteiger partial charge >= 0.3 is 5.97 Å². The molecule has 0 aliphatic carbocycles. The molecule has 1 aliphatic heterocycles. The van der Waals surface area contributed by atoms with Crippen LogP contribution in [-0.2, 0) is 23.1 Å². The van der Waals surface area contributed by atoms with Crippen molar-refractivity contribution in [3.8, 4) is 5.75 Å². The zero-order valence-electron chi connectivity index (χ0n) is 23.4. The summed E-state index contributed by atoms with van der Waals surface area (Å²) in [7, 11) is -1.48. The van der Waals surface area contributed by atoms with E-state index in [-0.39, 0.29) is 31.0 Å². The summed E-state index contributed by atoms with van der Waals surface area (Å²) in [5.74, 6) is -0.193. The Morgan fingerprint density at radius 1 is 1.23 bits per heavy atom. The number of fused-ring (bicyclic) bond motifs is 2. The predicted octanol–water partition coefficient (Wildman–Crippen LogP) is 5.37. The molecular formula is C29H35N5O5S. The number of carbonyl (C=O) groups excluding carboxylic acids is 1. The molecule has 10 nitrogen and oxygen atoms in total. The zero-order chi connectivity index (χ0) is 28.6. The van der Waals surface area contributed by atoms with Crippen LogP contribution in [0, 0.1) is 13.8 Å². The minimum atomic E-state index is -3.33. The first-order chi connectivity index (χ1) is 19.1. The van der Waals surface area contributed by atoms with E-state index < -0.39 is 10.8 Å². The summed E-state index contributed by atoms with van der Waals surface area (Å²) in [4.78, 5) is 17.2. The van der Waals surface area contributed by atoms with Crippen LogP contribution in [0.1, 0.15) is 54.0 Å². The number of ether oxygens (including phenoxy) is 2. The van der Waals surface area contributed by atoms with Crippen LogP contribution >= 0.6 is 10.8 Å². The second-order valence-corrected chi connectivity index (χ2v) is 12.2. The summed E-state index contributed by atoms with van der Waals surface area (Å²) in [6.07, 6.45) is 2.93. The monoisotopic (exact) mass is 565 g/mol. The van der Waals surface area contributed by atoms with Gasteiger partial charge in [-0.3, -0.25) is 18.9 Å². The molecule has 40 heavy (non-hydrogen) atoms. The molecule has 2 atom stereocenters. The minimum Gasteiger partial charge on any atom is -0.486 e. The van der Waals surface area contributed by atoms with Gasteiger partial charge in [-0.1, -0.05) is 29.5 Å². The van der Waals surface area contributed by atoms with E-state index in [0.717, 1.165) is 38.9 Å². The van der Waals surface area contributed by atoms with E-state index in [2.05, 4.69) is 21.4 Å². The molecule has 0 bridgehead atoms. The predicted molar refractivity (Wildman–Crippen MR) is 153 cm³/mol. The largest absolute Gasteiger partial charge is 0.486 e. The fraction of sp³-hybridized carbons (Fsp3) is 0.379. The van der Waals surface area contributed by atoms with Gasteiger partial charge in [0, 0.05) is 25.7 Å². The molecule has 0 spiro atoms. The highest BCUT2D eigenvalue weighted by Gasteiger charge is 2.34. The molecule has 0 saturated carbocycles. The van der Waals surface area contributed by atoms with Gasteiger partial charge in [0.15, 0.2) is 5.75 Å². The average molecular weight is 566 g/mol. The highest BCUT2D eigenvalue weighted by Crippen LogP contribution is 2.57. The van der Waals surface area contributed by atoms with Gasteiger partial charge in [-0.25, -0.2) is 4.68 Å². The van der Waals surface area contributed by atoms with Crippen LogP contribution in [0.3, 0.4) is 0 Å². The summed E-state index contributed by atoms with van der Waals surface area (Å²) in [6.45, 7) is 8.59. The van der Waals surface area contributed by atoms with Crippen LogP contribution in [0.4, 0.5) is 0 Å². The van der Waals surface area contributed by atoms with Gasteiger partial charge in [0.2, 0.25) is 0 Å². The Labute approximate surface area is 235 Å². The van der Waals surface area contributed by atoms with E-state index in [1.54, 1.807) is 22.0 Å². The molecule has 0 radical (unpaired) electrons. The lowest BCUT2D eigenvalue weighted by molar-refractivity contribution is -0.143. The van der Waals surface area contributed by atoms with Gasteiger partial charge in [0.1, 0.15) is 16.5 Å². The number of benzene rings is 2. The fourth-order valence-electron chi connectivity index (χ4n) is 5.31. The van der Waals surface area contributed by atoms with Crippen molar-refractivity contribution in [2.45, 2.75) is 57.6 Å². The second kappa shape index (κ2) is 11.2. The summed E-state index contributed by atoms with van der Waals surface area (Å²) in [5, 5.41) is 8.51. The van der Waals surface area contributed by atoms with Gasteiger partial charge in [0.05, 0.1) is 31.3 Å². The van der Waals surface area contributed by atoms with Gasteiger partial charge in [-0.2, -0.15) is 4.31 Å². The van der Waals surface area contributed by atoms with E-state index >= 15 is 0 Å². The molecule has 1 aliphatic rings. The third kappa shape index (κ3) is 5.29. The van der Waals surface area contributed by atoms with Crippen molar-refractivity contribution < 1.29 is 23.4 Å². The van der Waals surface area contributed by atoms with Crippen molar-refractivity contribution in [1.82, 2.24) is 24.3 Å². The molecular weight excluding hydrogens is 530 g/mol. The van der Waals surface area contributed by atoms with Crippen molar-refractivity contribution in [1.29, 1.82) is 0 Å². The van der Waals surface area contributed by atoms with Gasteiger partial charge < -0.3 is 9.47 Å². The Morgan fingerprint density at radius 2 is 2.02 bits per heavy atom. The molecule has 4 aromatic rings. The Kier molecular flexibility index (Phi) is 7.83. The summed E-state index contributed by atoms with van der Waals surface area (Å²) in [5.41, 5.74) is 6.50. The van der Waals surface area contributed by atoms with Crippen LogP contribution in [-0.4, -0.2) is 58.6 Å².